The lowest BCUT2D eigenvalue weighted by molar-refractivity contribution is -0.158. The maximum atomic E-state index is 13.8. The molecule has 1 aromatic rings. The number of aromatic hydroxyl groups is 1. The van der Waals surface area contributed by atoms with Crippen molar-refractivity contribution in [2.75, 3.05) is 7.11 Å². The molecule has 5 rings (SSSR count). The van der Waals surface area contributed by atoms with Crippen LogP contribution in [0.5, 0.6) is 11.5 Å². The number of ether oxygens (including phenoxy) is 4. The molecule has 1 amide bonds. The molecule has 1 aliphatic carbocycles. The number of fused-ring (bicyclic) bond motifs is 14. The zero-order chi connectivity index (χ0) is 36.5. The van der Waals surface area contributed by atoms with Crippen LogP contribution < -0.4 is 10.1 Å². The van der Waals surface area contributed by atoms with Crippen molar-refractivity contribution in [2.45, 2.75) is 85.1 Å². The van der Waals surface area contributed by atoms with Crippen LogP contribution in [-0.4, -0.2) is 81.9 Å². The summed E-state index contributed by atoms with van der Waals surface area (Å²) in [4.78, 5) is 66.0. The summed E-state index contributed by atoms with van der Waals surface area (Å²) in [5.74, 6) is -8.23. The number of nitrogens with one attached hydrogen (secondary N) is 1. The fraction of sp³-hybridized carbons (Fsp3) is 0.472. The number of hydrogen-bond donors (Lipinski definition) is 4. The summed E-state index contributed by atoms with van der Waals surface area (Å²) in [5.41, 5.74) is -1.30. The van der Waals surface area contributed by atoms with Gasteiger partial charge in [0.25, 0.3) is 11.7 Å². The summed E-state index contributed by atoms with van der Waals surface area (Å²) in [5, 5.41) is 35.5. The Kier molecular flexibility index (Phi) is 11.0. The number of phenols is 1. The molecule has 8 atom stereocenters. The molecule has 0 saturated heterocycles. The van der Waals surface area contributed by atoms with E-state index in [0.717, 1.165) is 12.3 Å². The van der Waals surface area contributed by atoms with Crippen LogP contribution in [0.2, 0.25) is 0 Å². The highest BCUT2D eigenvalue weighted by molar-refractivity contribution is 6.30. The van der Waals surface area contributed by atoms with Crippen molar-refractivity contribution in [1.82, 2.24) is 5.32 Å². The third-order valence-corrected chi connectivity index (χ3v) is 9.34. The Morgan fingerprint density at radius 1 is 1.00 bits per heavy atom. The Hall–Kier alpha value is -4.59. The van der Waals surface area contributed by atoms with Crippen LogP contribution in [-0.2, 0) is 23.8 Å². The zero-order valence-corrected chi connectivity index (χ0v) is 28.7. The van der Waals surface area contributed by atoms with E-state index in [9.17, 15) is 39.3 Å². The molecule has 0 saturated carbocycles. The van der Waals surface area contributed by atoms with Gasteiger partial charge in [-0.1, -0.05) is 39.0 Å². The Bertz CT molecular complexity index is 1690. The number of Topliss-reactive ketones (excluding diaryl/α,β-unsaturated/α-hetero) is 2. The Balaban J connectivity index is 1.81. The average molecular weight is 682 g/mol. The number of rotatable bonds is 2. The molecule has 0 radical (unpaired) electrons. The number of carbonyl (C=O) groups excluding carboxylic acids is 5. The minimum absolute atomic E-state index is 0.00957. The summed E-state index contributed by atoms with van der Waals surface area (Å²) < 4.78 is 23.0. The highest BCUT2D eigenvalue weighted by Gasteiger charge is 2.51. The smallest absolute Gasteiger partial charge is 0.312 e. The predicted molar refractivity (Wildman–Crippen MR) is 175 cm³/mol. The molecule has 5 bridgehead atoms. The maximum Gasteiger partial charge on any atom is 0.312 e. The van der Waals surface area contributed by atoms with E-state index >= 15 is 0 Å². The molecule has 4 aliphatic rings. The van der Waals surface area contributed by atoms with Crippen molar-refractivity contribution < 1.29 is 58.2 Å². The molecule has 49 heavy (non-hydrogen) atoms. The van der Waals surface area contributed by atoms with Crippen LogP contribution in [0.25, 0.3) is 0 Å². The van der Waals surface area contributed by atoms with Crippen molar-refractivity contribution in [3.8, 4) is 11.5 Å². The van der Waals surface area contributed by atoms with Crippen molar-refractivity contribution in [3.05, 3.63) is 70.2 Å². The summed E-state index contributed by atoms with van der Waals surface area (Å²) in [6.45, 7) is 10.6. The molecule has 0 fully saturated rings. The zero-order valence-electron chi connectivity index (χ0n) is 28.7. The van der Waals surface area contributed by atoms with Crippen molar-refractivity contribution in [1.29, 1.82) is 0 Å². The molecule has 13 nitrogen and oxygen atoms in total. The van der Waals surface area contributed by atoms with E-state index in [1.54, 1.807) is 26.8 Å². The number of phenolic OH excluding ortho intramolecular Hbond substituents is 1. The number of hydrogen-bond acceptors (Lipinski definition) is 12. The summed E-state index contributed by atoms with van der Waals surface area (Å²) in [7, 11) is 1.42. The van der Waals surface area contributed by atoms with Gasteiger partial charge >= 0.3 is 11.8 Å². The van der Waals surface area contributed by atoms with Gasteiger partial charge in [-0.25, -0.2) is 0 Å². The van der Waals surface area contributed by atoms with Gasteiger partial charge in [0, 0.05) is 62.3 Å². The van der Waals surface area contributed by atoms with Gasteiger partial charge in [-0.2, -0.15) is 0 Å². The first-order valence-corrected chi connectivity index (χ1v) is 15.9. The molecular formula is C36H43NO12. The standard InChI is InChI=1S/C36H43NO12/c1-16-10-9-11-17(2)35(45)37-22-14-25(41)27-28(31(22)43)30(42)20(5)33-29(27)34(44)36(7,49-33)47-13-12-26(46-8)19(4)32(48-21(6)38)18(3)24(40)15-23(16)39/h9-14,16,18-19,23-24,26,32,39-40,42H,15H2,1-8H3,(H,37,45)/b10-9+,13-12+,17-11-/t16-,18+,19+,23+,24+,26-,32-,36?/m0/s1. The average Bonchev–Trinajstić information content (AvgIpc) is 3.30. The number of allylic oxidation sites excluding steroid dienone is 4. The van der Waals surface area contributed by atoms with Gasteiger partial charge in [0.15, 0.2) is 5.78 Å². The first kappa shape index (κ1) is 37.2. The number of esters is 1. The molecule has 264 valence electrons. The number of aliphatic hydroxyl groups excluding tert-OH is 2. The van der Waals surface area contributed by atoms with Crippen LogP contribution >= 0.6 is 0 Å². The molecule has 1 unspecified atom stereocenters. The van der Waals surface area contributed by atoms with Crippen molar-refractivity contribution in [3.63, 3.8) is 0 Å². The number of ketones is 3. The molecule has 3 aliphatic heterocycles. The van der Waals surface area contributed by atoms with E-state index < -0.39 is 94.2 Å². The third-order valence-electron chi connectivity index (χ3n) is 9.34. The maximum absolute atomic E-state index is 13.8. The van der Waals surface area contributed by atoms with Crippen LogP contribution in [0.3, 0.4) is 0 Å². The highest BCUT2D eigenvalue weighted by Crippen LogP contribution is 2.47. The third kappa shape index (κ3) is 7.24. The van der Waals surface area contributed by atoms with E-state index in [0.29, 0.717) is 0 Å². The van der Waals surface area contributed by atoms with Crippen molar-refractivity contribution in [2.24, 2.45) is 17.8 Å². The van der Waals surface area contributed by atoms with E-state index in [2.05, 4.69) is 5.32 Å². The fourth-order valence-corrected chi connectivity index (χ4v) is 6.18. The van der Waals surface area contributed by atoms with Crippen LogP contribution in [0.4, 0.5) is 0 Å². The number of amides is 1. The van der Waals surface area contributed by atoms with Gasteiger partial charge in [-0.3, -0.25) is 24.0 Å². The highest BCUT2D eigenvalue weighted by atomic mass is 16.7. The van der Waals surface area contributed by atoms with E-state index in [1.165, 1.54) is 53.0 Å². The van der Waals surface area contributed by atoms with E-state index in [1.807, 2.05) is 0 Å². The summed E-state index contributed by atoms with van der Waals surface area (Å²) in [6, 6.07) is 0. The van der Waals surface area contributed by atoms with Gasteiger partial charge in [0.1, 0.15) is 17.6 Å². The second kappa shape index (κ2) is 14.5. The fourth-order valence-electron chi connectivity index (χ4n) is 6.18. The topological polar surface area (TPSA) is 195 Å². The second-order valence-electron chi connectivity index (χ2n) is 12.9. The van der Waals surface area contributed by atoms with E-state index in [-0.39, 0.29) is 34.4 Å². The molecule has 4 N–H and O–H groups in total. The first-order chi connectivity index (χ1) is 22.9. The largest absolute Gasteiger partial charge is 0.507 e. The molecule has 1 aromatic carbocycles. The second-order valence-corrected chi connectivity index (χ2v) is 12.9. The molecule has 3 heterocycles. The quantitative estimate of drug-likeness (QED) is 0.333. The predicted octanol–water partition coefficient (Wildman–Crippen LogP) is 3.38. The van der Waals surface area contributed by atoms with Crippen LogP contribution in [0, 0.1) is 24.7 Å². The lowest BCUT2D eigenvalue weighted by Crippen LogP contribution is -2.43. The van der Waals surface area contributed by atoms with Crippen molar-refractivity contribution >= 4 is 29.2 Å². The Labute approximate surface area is 284 Å². The van der Waals surface area contributed by atoms with E-state index in [4.69, 9.17) is 18.9 Å². The molecule has 13 heteroatoms. The van der Waals surface area contributed by atoms with Crippen LogP contribution in [0.1, 0.15) is 84.6 Å². The monoisotopic (exact) mass is 681 g/mol. The molecule has 0 aromatic heterocycles. The summed E-state index contributed by atoms with van der Waals surface area (Å²) >= 11 is 0. The normalized spacial score (nSPS) is 33.4. The van der Waals surface area contributed by atoms with Gasteiger partial charge in [0.2, 0.25) is 5.78 Å². The number of carbonyl (C=O) groups is 5. The molecular weight excluding hydrogens is 638 g/mol. The SMILES string of the molecule is CO[C@H]1/C=C/OC2(C)Oc3c(C)c(O)c4c(c3C2=O)C(=O)C=C(NC(=O)/C(C)=C\C=C\[C@H](C)[C@H](O)C[C@@H](O)[C@@H](C)[C@H](OC(C)=O)[C@@H]1C)C4=O. The van der Waals surface area contributed by atoms with Gasteiger partial charge in [-0.05, 0) is 19.9 Å². The number of benzene rings is 1. The summed E-state index contributed by atoms with van der Waals surface area (Å²) in [6.07, 6.45) is 4.31. The van der Waals surface area contributed by atoms with Gasteiger partial charge < -0.3 is 39.6 Å². The number of methoxy groups -OCH3 is 1. The lowest BCUT2D eigenvalue weighted by Gasteiger charge is -2.35. The lowest BCUT2D eigenvalue weighted by atomic mass is 9.83. The number of aliphatic hydroxyl groups is 2. The van der Waals surface area contributed by atoms with Crippen LogP contribution in [0.15, 0.2) is 47.9 Å². The minimum Gasteiger partial charge on any atom is -0.507 e. The minimum atomic E-state index is -2.02. The first-order valence-electron chi connectivity index (χ1n) is 15.9. The Morgan fingerprint density at radius 2 is 1.67 bits per heavy atom. The Morgan fingerprint density at radius 3 is 2.31 bits per heavy atom. The van der Waals surface area contributed by atoms with Gasteiger partial charge in [0.05, 0.1) is 47.0 Å². The van der Waals surface area contributed by atoms with Gasteiger partial charge in [-0.15, -0.1) is 0 Å². The molecule has 0 spiro atoms.